The van der Waals surface area contributed by atoms with Gasteiger partial charge in [0.25, 0.3) is 0 Å². The van der Waals surface area contributed by atoms with E-state index in [0.29, 0.717) is 23.1 Å². The van der Waals surface area contributed by atoms with Gasteiger partial charge in [0.2, 0.25) is 0 Å². The Morgan fingerprint density at radius 2 is 1.66 bits per heavy atom. The molecule has 3 aromatic heterocycles. The number of hydrogen-bond acceptors (Lipinski definition) is 7. The molecule has 0 radical (unpaired) electrons. The fourth-order valence-electron chi connectivity index (χ4n) is 3.45. The lowest BCUT2D eigenvalue weighted by molar-refractivity contribution is 0.413. The van der Waals surface area contributed by atoms with Crippen LogP contribution in [0.3, 0.4) is 0 Å². The van der Waals surface area contributed by atoms with Crippen LogP contribution in [0.25, 0.3) is 28.1 Å². The van der Waals surface area contributed by atoms with Crippen LogP contribution in [0.1, 0.15) is 0 Å². The number of para-hydroxylation sites is 1. The highest BCUT2D eigenvalue weighted by molar-refractivity contribution is 5.93. The Kier molecular flexibility index (Phi) is 5.09. The van der Waals surface area contributed by atoms with E-state index < -0.39 is 0 Å². The van der Waals surface area contributed by atoms with Crippen LogP contribution in [-0.2, 0) is 0 Å². The van der Waals surface area contributed by atoms with Crippen molar-refractivity contribution in [2.24, 2.45) is 0 Å². The molecule has 0 aliphatic heterocycles. The summed E-state index contributed by atoms with van der Waals surface area (Å²) in [5.74, 6) is 2.36. The highest BCUT2D eigenvalue weighted by Crippen LogP contribution is 2.32. The molecule has 5 rings (SSSR count). The molecule has 8 heteroatoms. The van der Waals surface area contributed by atoms with Crippen LogP contribution in [0.15, 0.2) is 79.3 Å². The Balaban J connectivity index is 1.62. The van der Waals surface area contributed by atoms with Gasteiger partial charge in [-0.1, -0.05) is 18.2 Å². The molecule has 0 saturated carbocycles. The predicted octanol–water partition coefficient (Wildman–Crippen LogP) is 4.64. The lowest BCUT2D eigenvalue weighted by Crippen LogP contribution is -2.02. The number of aromatic nitrogens is 5. The smallest absolute Gasteiger partial charge is 0.183 e. The van der Waals surface area contributed by atoms with Crippen LogP contribution in [0.5, 0.6) is 11.5 Å². The molecule has 158 valence electrons. The molecular formula is C24H20N6O2. The number of pyridine rings is 1. The molecule has 0 spiro atoms. The fourth-order valence-corrected chi connectivity index (χ4v) is 3.45. The molecule has 2 aromatic carbocycles. The van der Waals surface area contributed by atoms with Crippen LogP contribution in [-0.4, -0.2) is 39.0 Å². The molecule has 0 saturated heterocycles. The molecule has 1 N–H and O–H groups in total. The maximum absolute atomic E-state index is 5.45. The summed E-state index contributed by atoms with van der Waals surface area (Å²) in [7, 11) is 3.24. The molecule has 0 fully saturated rings. The van der Waals surface area contributed by atoms with Gasteiger partial charge in [0.1, 0.15) is 11.4 Å². The van der Waals surface area contributed by atoms with Gasteiger partial charge < -0.3 is 14.8 Å². The molecule has 3 heterocycles. The third kappa shape index (κ3) is 3.58. The highest BCUT2D eigenvalue weighted by atomic mass is 16.5. The topological polar surface area (TPSA) is 87.0 Å². The lowest BCUT2D eigenvalue weighted by atomic mass is 10.2. The third-order valence-electron chi connectivity index (χ3n) is 5.03. The van der Waals surface area contributed by atoms with E-state index in [4.69, 9.17) is 19.6 Å². The molecule has 0 unspecified atom stereocenters. The second-order valence-electron chi connectivity index (χ2n) is 6.95. The normalized spacial score (nSPS) is 10.8. The monoisotopic (exact) mass is 424 g/mol. The summed E-state index contributed by atoms with van der Waals surface area (Å²) in [6.45, 7) is 0. The van der Waals surface area contributed by atoms with Gasteiger partial charge >= 0.3 is 0 Å². The van der Waals surface area contributed by atoms with E-state index in [9.17, 15) is 0 Å². The summed E-state index contributed by atoms with van der Waals surface area (Å²) in [4.78, 5) is 13.3. The van der Waals surface area contributed by atoms with Crippen molar-refractivity contribution in [3.63, 3.8) is 0 Å². The number of anilines is 2. The number of ether oxygens (including phenoxy) is 2. The number of nitrogens with zero attached hydrogens (tertiary/aromatic N) is 5. The van der Waals surface area contributed by atoms with E-state index in [1.807, 2.05) is 65.3 Å². The number of fused-ring (bicyclic) bond motifs is 1. The van der Waals surface area contributed by atoms with Crippen LogP contribution < -0.4 is 14.8 Å². The van der Waals surface area contributed by atoms with E-state index in [2.05, 4.69) is 15.3 Å². The number of methoxy groups -OCH3 is 2. The second kappa shape index (κ2) is 8.35. The Bertz CT molecular complexity index is 1370. The summed E-state index contributed by atoms with van der Waals surface area (Å²) in [6.07, 6.45) is 5.06. The minimum atomic E-state index is 0.491. The number of rotatable bonds is 6. The number of benzene rings is 2. The fraction of sp³-hybridized carbons (Fsp3) is 0.0833. The van der Waals surface area contributed by atoms with Gasteiger partial charge in [-0.25, -0.2) is 14.6 Å². The molecular weight excluding hydrogens is 404 g/mol. The summed E-state index contributed by atoms with van der Waals surface area (Å²) >= 11 is 0. The molecule has 0 amide bonds. The van der Waals surface area contributed by atoms with Gasteiger partial charge in [0.15, 0.2) is 17.4 Å². The second-order valence-corrected chi connectivity index (χ2v) is 6.95. The molecule has 0 aliphatic rings. The van der Waals surface area contributed by atoms with E-state index >= 15 is 0 Å². The van der Waals surface area contributed by atoms with E-state index in [1.165, 1.54) is 0 Å². The summed E-state index contributed by atoms with van der Waals surface area (Å²) in [5.41, 5.74) is 3.39. The predicted molar refractivity (Wildman–Crippen MR) is 123 cm³/mol. The summed E-state index contributed by atoms with van der Waals surface area (Å²) in [6, 6.07) is 19.5. The van der Waals surface area contributed by atoms with Crippen molar-refractivity contribution in [1.82, 2.24) is 24.7 Å². The van der Waals surface area contributed by atoms with Gasteiger partial charge in [-0.15, -0.1) is 0 Å². The first kappa shape index (κ1) is 19.5. The average molecular weight is 424 g/mol. The van der Waals surface area contributed by atoms with Gasteiger partial charge in [0, 0.05) is 23.5 Å². The van der Waals surface area contributed by atoms with Crippen LogP contribution in [0.2, 0.25) is 0 Å². The van der Waals surface area contributed by atoms with E-state index in [-0.39, 0.29) is 0 Å². The van der Waals surface area contributed by atoms with Crippen LogP contribution in [0.4, 0.5) is 11.5 Å². The van der Waals surface area contributed by atoms with Crippen molar-refractivity contribution in [1.29, 1.82) is 0 Å². The van der Waals surface area contributed by atoms with Gasteiger partial charge in [0.05, 0.1) is 31.6 Å². The Morgan fingerprint density at radius 3 is 2.41 bits per heavy atom. The zero-order valence-corrected chi connectivity index (χ0v) is 17.6. The van der Waals surface area contributed by atoms with Crippen LogP contribution >= 0.6 is 0 Å². The third-order valence-corrected chi connectivity index (χ3v) is 5.03. The SMILES string of the molecule is COc1ccc(-n2nc(-c3ncc(OC)c(Nc4ccncc4)n3)c3ccccc32)cc1. The summed E-state index contributed by atoms with van der Waals surface area (Å²) in [5, 5.41) is 9.08. The number of hydrogen-bond donors (Lipinski definition) is 1. The first-order valence-corrected chi connectivity index (χ1v) is 9.97. The zero-order chi connectivity index (χ0) is 21.9. The van der Waals surface area contributed by atoms with Gasteiger partial charge in [-0.3, -0.25) is 4.98 Å². The molecule has 5 aromatic rings. The zero-order valence-electron chi connectivity index (χ0n) is 17.6. The van der Waals surface area contributed by atoms with Crippen molar-refractivity contribution in [2.75, 3.05) is 19.5 Å². The maximum Gasteiger partial charge on any atom is 0.183 e. The molecule has 0 atom stereocenters. The van der Waals surface area contributed by atoms with Crippen molar-refractivity contribution < 1.29 is 9.47 Å². The lowest BCUT2D eigenvalue weighted by Gasteiger charge is -2.10. The van der Waals surface area contributed by atoms with E-state index in [0.717, 1.165) is 28.0 Å². The first-order chi connectivity index (χ1) is 15.8. The quantitative estimate of drug-likeness (QED) is 0.425. The Morgan fingerprint density at radius 1 is 0.875 bits per heavy atom. The van der Waals surface area contributed by atoms with E-state index in [1.54, 1.807) is 32.8 Å². The minimum absolute atomic E-state index is 0.491. The molecule has 0 aliphatic carbocycles. The maximum atomic E-state index is 5.45. The van der Waals surface area contributed by atoms with Crippen molar-refractivity contribution in [2.45, 2.75) is 0 Å². The molecule has 0 bridgehead atoms. The Hall–Kier alpha value is -4.46. The van der Waals surface area contributed by atoms with Crippen LogP contribution in [0, 0.1) is 0 Å². The minimum Gasteiger partial charge on any atom is -0.497 e. The van der Waals surface area contributed by atoms with Gasteiger partial charge in [-0.2, -0.15) is 5.10 Å². The van der Waals surface area contributed by atoms with Crippen molar-refractivity contribution >= 4 is 22.4 Å². The van der Waals surface area contributed by atoms with Gasteiger partial charge in [-0.05, 0) is 42.5 Å². The van der Waals surface area contributed by atoms with Crippen molar-refractivity contribution in [3.05, 3.63) is 79.3 Å². The largest absolute Gasteiger partial charge is 0.497 e. The number of nitrogens with one attached hydrogen (secondary N) is 1. The average Bonchev–Trinajstić information content (AvgIpc) is 3.24. The van der Waals surface area contributed by atoms with Crippen molar-refractivity contribution in [3.8, 4) is 28.7 Å². The molecule has 8 nitrogen and oxygen atoms in total. The summed E-state index contributed by atoms with van der Waals surface area (Å²) < 4.78 is 12.6. The highest BCUT2D eigenvalue weighted by Gasteiger charge is 2.18. The first-order valence-electron chi connectivity index (χ1n) is 9.97. The Labute approximate surface area is 184 Å². The molecule has 32 heavy (non-hydrogen) atoms. The standard InChI is InChI=1S/C24H20N6O2/c1-31-18-9-7-17(8-10-18)30-20-6-4-3-5-19(20)22(29-30)24-26-15-21(32-2)23(28-24)27-16-11-13-25-14-12-16/h3-15H,1-2H3,(H,25,26,27,28).